The zero-order chi connectivity index (χ0) is 14.8. The highest BCUT2D eigenvalue weighted by molar-refractivity contribution is 7.92. The first kappa shape index (κ1) is 15.2. The van der Waals surface area contributed by atoms with Crippen molar-refractivity contribution in [2.24, 2.45) is 0 Å². The minimum Gasteiger partial charge on any atom is -0.315 e. The van der Waals surface area contributed by atoms with E-state index in [0.29, 0.717) is 6.54 Å². The van der Waals surface area contributed by atoms with Crippen LogP contribution in [-0.2, 0) is 16.6 Å². The summed E-state index contributed by atoms with van der Waals surface area (Å²) in [5.74, 6) is -0.562. The lowest BCUT2D eigenvalue weighted by molar-refractivity contribution is 0.601. The molecule has 0 spiro atoms. The van der Waals surface area contributed by atoms with Crippen molar-refractivity contribution < 1.29 is 12.8 Å². The molecule has 0 bridgehead atoms. The number of benzene rings is 1. The Kier molecular flexibility index (Phi) is 4.64. The molecule has 0 saturated carbocycles. The van der Waals surface area contributed by atoms with Crippen LogP contribution in [0.4, 0.5) is 10.1 Å². The number of rotatable bonds is 5. The highest BCUT2D eigenvalue weighted by Gasteiger charge is 2.18. The van der Waals surface area contributed by atoms with E-state index in [1.54, 1.807) is 13.1 Å². The maximum absolute atomic E-state index is 13.1. The van der Waals surface area contributed by atoms with Gasteiger partial charge in [-0.05, 0) is 31.3 Å². The molecule has 108 valence electrons. The molecule has 1 aromatic carbocycles. The first-order chi connectivity index (χ1) is 9.42. The van der Waals surface area contributed by atoms with Crippen LogP contribution in [0.3, 0.4) is 0 Å². The molecule has 0 atom stereocenters. The molecular formula is C12H12ClFN2O2S2. The van der Waals surface area contributed by atoms with Gasteiger partial charge < -0.3 is 5.32 Å². The predicted molar refractivity (Wildman–Crippen MR) is 79.3 cm³/mol. The van der Waals surface area contributed by atoms with Crippen LogP contribution in [0.2, 0.25) is 5.02 Å². The number of sulfonamides is 1. The molecule has 0 amide bonds. The van der Waals surface area contributed by atoms with Crippen LogP contribution < -0.4 is 10.0 Å². The van der Waals surface area contributed by atoms with Gasteiger partial charge in [0.15, 0.2) is 0 Å². The van der Waals surface area contributed by atoms with Crippen LogP contribution in [0.5, 0.6) is 0 Å². The van der Waals surface area contributed by atoms with Gasteiger partial charge in [-0.15, -0.1) is 11.3 Å². The maximum atomic E-state index is 13.1. The van der Waals surface area contributed by atoms with E-state index in [0.717, 1.165) is 17.0 Å². The second kappa shape index (κ2) is 6.09. The van der Waals surface area contributed by atoms with Crippen molar-refractivity contribution in [3.63, 3.8) is 0 Å². The van der Waals surface area contributed by atoms with Crippen molar-refractivity contribution in [2.75, 3.05) is 11.8 Å². The van der Waals surface area contributed by atoms with Gasteiger partial charge in [0, 0.05) is 16.8 Å². The van der Waals surface area contributed by atoms with Crippen LogP contribution in [0.1, 0.15) is 4.88 Å². The molecule has 2 N–H and O–H groups in total. The topological polar surface area (TPSA) is 58.2 Å². The van der Waals surface area contributed by atoms with Crippen molar-refractivity contribution in [1.82, 2.24) is 5.32 Å². The molecule has 0 aliphatic rings. The molecule has 2 aromatic rings. The molecule has 1 aromatic heterocycles. The fraction of sp³-hybridized carbons (Fsp3) is 0.167. The molecule has 4 nitrogen and oxygen atoms in total. The molecule has 8 heteroatoms. The second-order valence-electron chi connectivity index (χ2n) is 4.01. The average molecular weight is 335 g/mol. The zero-order valence-corrected chi connectivity index (χ0v) is 12.9. The summed E-state index contributed by atoms with van der Waals surface area (Å²) in [5.41, 5.74) is 0.0213. The summed E-state index contributed by atoms with van der Waals surface area (Å²) in [6.07, 6.45) is 0. The summed E-state index contributed by atoms with van der Waals surface area (Å²) >= 11 is 7.17. The molecule has 0 aliphatic heterocycles. The zero-order valence-electron chi connectivity index (χ0n) is 10.5. The third-order valence-electron chi connectivity index (χ3n) is 2.46. The molecular weight excluding hydrogens is 323 g/mol. The highest BCUT2D eigenvalue weighted by Crippen LogP contribution is 2.27. The van der Waals surface area contributed by atoms with E-state index in [4.69, 9.17) is 11.6 Å². The summed E-state index contributed by atoms with van der Waals surface area (Å²) in [6.45, 7) is 0.584. The van der Waals surface area contributed by atoms with Crippen molar-refractivity contribution in [2.45, 2.75) is 11.4 Å². The smallest absolute Gasteiger partial charge is 0.262 e. The Morgan fingerprint density at radius 2 is 2.10 bits per heavy atom. The third-order valence-corrected chi connectivity index (χ3v) is 5.22. The lowest BCUT2D eigenvalue weighted by Crippen LogP contribution is -2.12. The molecule has 0 unspecified atom stereocenters. The molecule has 1 heterocycles. The van der Waals surface area contributed by atoms with Crippen LogP contribution >= 0.6 is 22.9 Å². The van der Waals surface area contributed by atoms with Gasteiger partial charge in [0.05, 0.1) is 15.6 Å². The molecule has 0 saturated heterocycles. The molecule has 0 aliphatic carbocycles. The van der Waals surface area contributed by atoms with Gasteiger partial charge in [-0.2, -0.15) is 0 Å². The van der Waals surface area contributed by atoms with E-state index in [-0.39, 0.29) is 15.6 Å². The summed E-state index contributed by atoms with van der Waals surface area (Å²) in [6, 6.07) is 5.07. The lowest BCUT2D eigenvalue weighted by atomic mass is 10.3. The van der Waals surface area contributed by atoms with E-state index >= 15 is 0 Å². The fourth-order valence-electron chi connectivity index (χ4n) is 1.55. The Balaban J connectivity index is 2.28. The minimum absolute atomic E-state index is 0.0213. The van der Waals surface area contributed by atoms with Crippen LogP contribution in [0, 0.1) is 5.82 Å². The van der Waals surface area contributed by atoms with Gasteiger partial charge in [0.2, 0.25) is 0 Å². The lowest BCUT2D eigenvalue weighted by Gasteiger charge is -2.08. The molecule has 20 heavy (non-hydrogen) atoms. The van der Waals surface area contributed by atoms with Gasteiger partial charge in [-0.25, -0.2) is 12.8 Å². The number of hydrogen-bond donors (Lipinski definition) is 2. The Bertz CT molecular complexity index is 716. The molecule has 0 fully saturated rings. The normalized spacial score (nSPS) is 11.6. The number of thiophene rings is 1. The quantitative estimate of drug-likeness (QED) is 0.883. The standard InChI is InChI=1S/C12H12ClFN2O2S2/c1-15-6-9-5-10(7-19-9)20(17,18)16-12-4-8(14)2-3-11(12)13/h2-5,7,15-16H,6H2,1H3. The van der Waals surface area contributed by atoms with Gasteiger partial charge in [-0.3, -0.25) is 4.72 Å². The number of hydrogen-bond acceptors (Lipinski definition) is 4. The van der Waals surface area contributed by atoms with Gasteiger partial charge in [0.1, 0.15) is 5.82 Å². The number of anilines is 1. The van der Waals surface area contributed by atoms with E-state index in [2.05, 4.69) is 10.0 Å². The Hall–Kier alpha value is -1.15. The molecule has 0 radical (unpaired) electrons. The monoisotopic (exact) mass is 334 g/mol. The number of nitrogens with one attached hydrogen (secondary N) is 2. The Morgan fingerprint density at radius 1 is 1.35 bits per heavy atom. The minimum atomic E-state index is -3.77. The van der Waals surface area contributed by atoms with E-state index in [9.17, 15) is 12.8 Å². The summed E-state index contributed by atoms with van der Waals surface area (Å²) < 4.78 is 39.8. The summed E-state index contributed by atoms with van der Waals surface area (Å²) in [5, 5.41) is 4.61. The largest absolute Gasteiger partial charge is 0.315 e. The molecule has 2 rings (SSSR count). The Morgan fingerprint density at radius 3 is 2.80 bits per heavy atom. The van der Waals surface area contributed by atoms with E-state index < -0.39 is 15.8 Å². The maximum Gasteiger partial charge on any atom is 0.262 e. The van der Waals surface area contributed by atoms with Gasteiger partial charge >= 0.3 is 0 Å². The van der Waals surface area contributed by atoms with Crippen LogP contribution in [0.15, 0.2) is 34.5 Å². The average Bonchev–Trinajstić information content (AvgIpc) is 2.83. The predicted octanol–water partition coefficient (Wildman–Crippen LogP) is 3.06. The van der Waals surface area contributed by atoms with E-state index in [1.807, 2.05) is 0 Å². The fourth-order valence-corrected chi connectivity index (χ4v) is 4.13. The first-order valence-corrected chi connectivity index (χ1v) is 8.36. The first-order valence-electron chi connectivity index (χ1n) is 5.62. The SMILES string of the molecule is CNCc1cc(S(=O)(=O)Nc2cc(F)ccc2Cl)cs1. The number of halogens is 2. The van der Waals surface area contributed by atoms with Crippen molar-refractivity contribution in [1.29, 1.82) is 0 Å². The van der Waals surface area contributed by atoms with Gasteiger partial charge in [-0.1, -0.05) is 11.6 Å². The highest BCUT2D eigenvalue weighted by atomic mass is 35.5. The Labute approximate surface area is 125 Å². The van der Waals surface area contributed by atoms with Crippen molar-refractivity contribution in [3.8, 4) is 0 Å². The van der Waals surface area contributed by atoms with Crippen molar-refractivity contribution >= 4 is 38.6 Å². The van der Waals surface area contributed by atoms with Crippen LogP contribution in [0.25, 0.3) is 0 Å². The van der Waals surface area contributed by atoms with Crippen molar-refractivity contribution in [3.05, 3.63) is 45.4 Å². The van der Waals surface area contributed by atoms with E-state index in [1.165, 1.54) is 22.8 Å². The second-order valence-corrected chi connectivity index (χ2v) is 7.09. The summed E-state index contributed by atoms with van der Waals surface area (Å²) in [7, 11) is -1.99. The van der Waals surface area contributed by atoms with Gasteiger partial charge in [0.25, 0.3) is 10.0 Å². The van der Waals surface area contributed by atoms with Crippen LogP contribution in [-0.4, -0.2) is 15.5 Å². The third kappa shape index (κ3) is 3.49. The summed E-state index contributed by atoms with van der Waals surface area (Å²) in [4.78, 5) is 1.02.